The molecule has 0 saturated carbocycles. The van der Waals surface area contributed by atoms with E-state index in [1.54, 1.807) is 24.3 Å². The van der Waals surface area contributed by atoms with Gasteiger partial charge in [0.05, 0.1) is 7.11 Å². The number of hydrogen-bond acceptors (Lipinski definition) is 5. The minimum atomic E-state index is -0.596. The van der Waals surface area contributed by atoms with E-state index in [-0.39, 0.29) is 18.7 Å². The van der Waals surface area contributed by atoms with Gasteiger partial charge < -0.3 is 25.5 Å². The Morgan fingerprint density at radius 3 is 2.71 bits per heavy atom. The Bertz CT molecular complexity index is 800. The first-order chi connectivity index (χ1) is 11.5. The number of aromatic amines is 1. The average Bonchev–Trinajstić information content (AvgIpc) is 2.58. The quantitative estimate of drug-likeness (QED) is 0.667. The van der Waals surface area contributed by atoms with E-state index in [4.69, 9.17) is 15.2 Å². The molecule has 4 N–H and O–H groups in total. The van der Waals surface area contributed by atoms with Gasteiger partial charge in [-0.25, -0.2) is 0 Å². The summed E-state index contributed by atoms with van der Waals surface area (Å²) in [5, 5.41) is 2.65. The second kappa shape index (κ2) is 7.82. The van der Waals surface area contributed by atoms with Crippen LogP contribution in [0.3, 0.4) is 0 Å². The summed E-state index contributed by atoms with van der Waals surface area (Å²) in [4.78, 5) is 36.7. The van der Waals surface area contributed by atoms with Crippen molar-refractivity contribution in [3.8, 4) is 11.5 Å². The number of aromatic nitrogens is 1. The molecule has 1 aromatic heterocycles. The van der Waals surface area contributed by atoms with Gasteiger partial charge in [-0.3, -0.25) is 14.4 Å². The van der Waals surface area contributed by atoms with Gasteiger partial charge in [-0.05, 0) is 29.8 Å². The summed E-state index contributed by atoms with van der Waals surface area (Å²) in [7, 11) is 1.46. The van der Waals surface area contributed by atoms with Gasteiger partial charge in [0.2, 0.25) is 0 Å². The van der Waals surface area contributed by atoms with Crippen molar-refractivity contribution in [3.63, 3.8) is 0 Å². The summed E-state index contributed by atoms with van der Waals surface area (Å²) in [6.45, 7) is -0.0666. The second-order valence-corrected chi connectivity index (χ2v) is 4.84. The number of amides is 2. The highest BCUT2D eigenvalue weighted by molar-refractivity contribution is 5.93. The maximum Gasteiger partial charge on any atom is 0.260 e. The number of hydrogen-bond donors (Lipinski definition) is 3. The molecule has 2 amide bonds. The van der Waals surface area contributed by atoms with Crippen LogP contribution in [-0.4, -0.2) is 30.5 Å². The molecule has 0 saturated heterocycles. The average molecular weight is 331 g/mol. The second-order valence-electron chi connectivity index (χ2n) is 4.84. The van der Waals surface area contributed by atoms with Crippen molar-refractivity contribution < 1.29 is 19.1 Å². The Morgan fingerprint density at radius 2 is 2.04 bits per heavy atom. The van der Waals surface area contributed by atoms with E-state index in [9.17, 15) is 14.4 Å². The molecule has 0 bridgehead atoms. The fraction of sp³-hybridized carbons (Fsp3) is 0.188. The molecule has 126 valence electrons. The monoisotopic (exact) mass is 331 g/mol. The number of carbonyl (C=O) groups is 2. The van der Waals surface area contributed by atoms with Crippen LogP contribution in [0.25, 0.3) is 0 Å². The third-order valence-electron chi connectivity index (χ3n) is 3.11. The summed E-state index contributed by atoms with van der Waals surface area (Å²) in [6.07, 6.45) is 1.45. The molecule has 24 heavy (non-hydrogen) atoms. The molecular weight excluding hydrogens is 314 g/mol. The molecule has 0 radical (unpaired) electrons. The first kappa shape index (κ1) is 17.1. The molecule has 2 aromatic rings. The van der Waals surface area contributed by atoms with Gasteiger partial charge in [-0.2, -0.15) is 0 Å². The van der Waals surface area contributed by atoms with Crippen molar-refractivity contribution in [2.24, 2.45) is 5.73 Å². The predicted octanol–water partition coefficient (Wildman–Crippen LogP) is 0.178. The largest absolute Gasteiger partial charge is 0.493 e. The number of nitrogens with two attached hydrogens (primary N) is 1. The molecule has 1 aromatic carbocycles. The van der Waals surface area contributed by atoms with Crippen molar-refractivity contribution >= 4 is 11.8 Å². The molecule has 0 unspecified atom stereocenters. The summed E-state index contributed by atoms with van der Waals surface area (Å²) < 4.78 is 10.4. The fourth-order valence-electron chi connectivity index (χ4n) is 1.97. The van der Waals surface area contributed by atoms with Crippen LogP contribution in [0.2, 0.25) is 0 Å². The summed E-state index contributed by atoms with van der Waals surface area (Å²) in [5.41, 5.74) is 5.34. The van der Waals surface area contributed by atoms with Crippen LogP contribution in [-0.2, 0) is 11.3 Å². The Kier molecular flexibility index (Phi) is 5.56. The maximum absolute atomic E-state index is 12.0. The van der Waals surface area contributed by atoms with Crippen molar-refractivity contribution in [2.75, 3.05) is 13.7 Å². The van der Waals surface area contributed by atoms with Crippen LogP contribution in [0, 0.1) is 0 Å². The number of H-pyrrole nitrogens is 1. The smallest absolute Gasteiger partial charge is 0.260 e. The summed E-state index contributed by atoms with van der Waals surface area (Å²) in [5.74, 6) is -0.308. The van der Waals surface area contributed by atoms with Crippen LogP contribution in [0.4, 0.5) is 0 Å². The lowest BCUT2D eigenvalue weighted by molar-refractivity contribution is -0.119. The van der Waals surface area contributed by atoms with Gasteiger partial charge in [-0.15, -0.1) is 0 Å². The van der Waals surface area contributed by atoms with E-state index in [0.29, 0.717) is 11.5 Å². The molecule has 1 heterocycles. The zero-order valence-corrected chi connectivity index (χ0v) is 13.0. The van der Waals surface area contributed by atoms with Gasteiger partial charge in [0.15, 0.2) is 18.1 Å². The molecule has 8 nitrogen and oxygen atoms in total. The molecular formula is C16H17N3O5. The van der Waals surface area contributed by atoms with Gasteiger partial charge in [0, 0.05) is 12.7 Å². The van der Waals surface area contributed by atoms with Gasteiger partial charge in [-0.1, -0.05) is 6.07 Å². The van der Waals surface area contributed by atoms with Crippen molar-refractivity contribution in [1.29, 1.82) is 0 Å². The number of nitrogens with one attached hydrogen (secondary N) is 2. The van der Waals surface area contributed by atoms with Gasteiger partial charge >= 0.3 is 0 Å². The van der Waals surface area contributed by atoms with E-state index in [1.807, 2.05) is 0 Å². The van der Waals surface area contributed by atoms with E-state index in [2.05, 4.69) is 10.3 Å². The first-order valence-electron chi connectivity index (χ1n) is 7.05. The molecule has 8 heteroatoms. The Balaban J connectivity index is 2.05. The number of carbonyl (C=O) groups excluding carboxylic acids is 2. The Hall–Kier alpha value is -3.29. The molecule has 0 aliphatic heterocycles. The van der Waals surface area contributed by atoms with Gasteiger partial charge in [0.1, 0.15) is 5.56 Å². The lowest BCUT2D eigenvalue weighted by atomic mass is 10.2. The van der Waals surface area contributed by atoms with Crippen LogP contribution >= 0.6 is 0 Å². The SMILES string of the molecule is COc1cc(CNC(=O)c2ccc[nH]c2=O)ccc1OCC(N)=O. The van der Waals surface area contributed by atoms with Crippen LogP contribution < -0.4 is 26.1 Å². The molecule has 0 atom stereocenters. The molecule has 0 aliphatic rings. The zero-order chi connectivity index (χ0) is 17.5. The fourth-order valence-corrected chi connectivity index (χ4v) is 1.97. The van der Waals surface area contributed by atoms with Crippen LogP contribution in [0.1, 0.15) is 15.9 Å². The standard InChI is InChI=1S/C16H17N3O5/c1-23-13-7-10(4-5-12(13)24-9-14(17)20)8-19-16(22)11-3-2-6-18-15(11)21/h2-7H,8-9H2,1H3,(H2,17,20)(H,18,21)(H,19,22). The number of rotatable bonds is 7. The van der Waals surface area contributed by atoms with Gasteiger partial charge in [0.25, 0.3) is 17.4 Å². The highest BCUT2D eigenvalue weighted by atomic mass is 16.5. The van der Waals surface area contributed by atoms with E-state index >= 15 is 0 Å². The lowest BCUT2D eigenvalue weighted by Gasteiger charge is -2.11. The highest BCUT2D eigenvalue weighted by Crippen LogP contribution is 2.27. The Labute approximate surface area is 137 Å². The number of benzene rings is 1. The van der Waals surface area contributed by atoms with Crippen molar-refractivity contribution in [2.45, 2.75) is 6.54 Å². The minimum absolute atomic E-state index is 0.0332. The zero-order valence-electron chi connectivity index (χ0n) is 13.0. The predicted molar refractivity (Wildman–Crippen MR) is 85.9 cm³/mol. The third kappa shape index (κ3) is 4.35. The van der Waals surface area contributed by atoms with E-state index < -0.39 is 17.4 Å². The molecule has 2 rings (SSSR count). The number of primary amides is 1. The summed E-state index contributed by atoms with van der Waals surface area (Å²) >= 11 is 0. The highest BCUT2D eigenvalue weighted by Gasteiger charge is 2.11. The minimum Gasteiger partial charge on any atom is -0.493 e. The summed E-state index contributed by atoms with van der Waals surface area (Å²) in [6, 6.07) is 7.98. The van der Waals surface area contributed by atoms with E-state index in [1.165, 1.54) is 19.4 Å². The molecule has 0 fully saturated rings. The first-order valence-corrected chi connectivity index (χ1v) is 7.05. The van der Waals surface area contributed by atoms with Crippen molar-refractivity contribution in [1.82, 2.24) is 10.3 Å². The third-order valence-corrected chi connectivity index (χ3v) is 3.11. The van der Waals surface area contributed by atoms with Crippen LogP contribution in [0.5, 0.6) is 11.5 Å². The van der Waals surface area contributed by atoms with Crippen molar-refractivity contribution in [3.05, 3.63) is 58.0 Å². The topological polar surface area (TPSA) is 124 Å². The number of pyridine rings is 1. The normalized spacial score (nSPS) is 10.0. The Morgan fingerprint density at radius 1 is 1.25 bits per heavy atom. The number of methoxy groups -OCH3 is 1. The molecule has 0 spiro atoms. The number of ether oxygens (including phenoxy) is 2. The molecule has 0 aliphatic carbocycles. The van der Waals surface area contributed by atoms with Crippen LogP contribution in [0.15, 0.2) is 41.3 Å². The van der Waals surface area contributed by atoms with E-state index in [0.717, 1.165) is 5.56 Å². The maximum atomic E-state index is 12.0. The lowest BCUT2D eigenvalue weighted by Crippen LogP contribution is -2.28.